The normalized spacial score (nSPS) is 10.2. The third kappa shape index (κ3) is 2.06. The van der Waals surface area contributed by atoms with Crippen LogP contribution in [-0.2, 0) is 6.42 Å². The Hall–Kier alpha value is -1.35. The maximum atomic E-state index is 5.63. The van der Waals surface area contributed by atoms with Gasteiger partial charge in [0.25, 0.3) is 0 Å². The molecule has 2 rings (SSSR count). The molecule has 0 aliphatic heterocycles. The maximum absolute atomic E-state index is 5.63. The molecule has 2 aromatic heterocycles. The molecule has 0 unspecified atom stereocenters. The average Bonchev–Trinajstić information content (AvgIpc) is 2.53. The number of hydrogen-bond acceptors (Lipinski definition) is 3. The van der Waals surface area contributed by atoms with Gasteiger partial charge in [0.2, 0.25) is 0 Å². The molecule has 0 spiro atoms. The summed E-state index contributed by atoms with van der Waals surface area (Å²) in [4.78, 5) is 5.27. The van der Waals surface area contributed by atoms with E-state index in [2.05, 4.69) is 4.98 Å². The molecule has 0 amide bonds. The SMILES string of the molecule is Nc1csc(Cc2ccncc2)c1. The standard InChI is InChI=1S/C10H10N2S/c11-9-6-10(13-7-9)5-8-1-3-12-4-2-8/h1-4,6-7H,5,11H2. The van der Waals surface area contributed by atoms with Gasteiger partial charge in [-0.15, -0.1) is 11.3 Å². The van der Waals surface area contributed by atoms with Crippen LogP contribution in [0.2, 0.25) is 0 Å². The van der Waals surface area contributed by atoms with Gasteiger partial charge in [0.15, 0.2) is 0 Å². The van der Waals surface area contributed by atoms with Crippen LogP contribution in [0.1, 0.15) is 10.4 Å². The third-order valence-electron chi connectivity index (χ3n) is 1.80. The number of anilines is 1. The van der Waals surface area contributed by atoms with E-state index in [1.807, 2.05) is 36.0 Å². The summed E-state index contributed by atoms with van der Waals surface area (Å²) < 4.78 is 0. The number of aromatic nitrogens is 1. The van der Waals surface area contributed by atoms with Crippen molar-refractivity contribution in [2.45, 2.75) is 6.42 Å². The largest absolute Gasteiger partial charge is 0.398 e. The Kier molecular flexibility index (Phi) is 2.27. The Morgan fingerprint density at radius 1 is 1.31 bits per heavy atom. The first-order chi connectivity index (χ1) is 6.34. The van der Waals surface area contributed by atoms with Crippen LogP contribution in [-0.4, -0.2) is 4.98 Å². The predicted octanol–water partition coefficient (Wildman–Crippen LogP) is 2.32. The molecule has 2 nitrogen and oxygen atoms in total. The molecular formula is C10H10N2S. The highest BCUT2D eigenvalue weighted by Gasteiger charge is 1.98. The molecule has 0 aliphatic rings. The van der Waals surface area contributed by atoms with Gasteiger partial charge >= 0.3 is 0 Å². The van der Waals surface area contributed by atoms with E-state index in [0.29, 0.717) is 0 Å². The van der Waals surface area contributed by atoms with Crippen molar-refractivity contribution in [3.8, 4) is 0 Å². The summed E-state index contributed by atoms with van der Waals surface area (Å²) in [5, 5.41) is 1.97. The van der Waals surface area contributed by atoms with Crippen LogP contribution in [0.25, 0.3) is 0 Å². The topological polar surface area (TPSA) is 38.9 Å². The van der Waals surface area contributed by atoms with Crippen molar-refractivity contribution in [2.24, 2.45) is 0 Å². The fourth-order valence-electron chi connectivity index (χ4n) is 1.19. The number of rotatable bonds is 2. The maximum Gasteiger partial charge on any atom is 0.0425 e. The molecule has 0 bridgehead atoms. The minimum atomic E-state index is 0.856. The van der Waals surface area contributed by atoms with Crippen LogP contribution in [0, 0.1) is 0 Å². The quantitative estimate of drug-likeness (QED) is 0.789. The zero-order valence-electron chi connectivity index (χ0n) is 7.10. The Bertz CT molecular complexity index is 381. The molecule has 0 saturated carbocycles. The Labute approximate surface area is 81.1 Å². The van der Waals surface area contributed by atoms with Gasteiger partial charge in [-0.05, 0) is 23.8 Å². The number of pyridine rings is 1. The second-order valence-electron chi connectivity index (χ2n) is 2.88. The fraction of sp³-hybridized carbons (Fsp3) is 0.100. The van der Waals surface area contributed by atoms with Gasteiger partial charge in [-0.2, -0.15) is 0 Å². The molecule has 2 N–H and O–H groups in total. The molecule has 13 heavy (non-hydrogen) atoms. The molecule has 0 fully saturated rings. The minimum absolute atomic E-state index is 0.856. The monoisotopic (exact) mass is 190 g/mol. The van der Waals surface area contributed by atoms with Crippen molar-refractivity contribution < 1.29 is 0 Å². The summed E-state index contributed by atoms with van der Waals surface area (Å²) in [5.41, 5.74) is 7.76. The predicted molar refractivity (Wildman–Crippen MR) is 55.8 cm³/mol. The van der Waals surface area contributed by atoms with Crippen LogP contribution in [0.4, 0.5) is 5.69 Å². The summed E-state index contributed by atoms with van der Waals surface area (Å²) >= 11 is 1.70. The Balaban J connectivity index is 2.15. The molecular weight excluding hydrogens is 180 g/mol. The van der Waals surface area contributed by atoms with Crippen molar-refractivity contribution >= 4 is 17.0 Å². The molecule has 0 atom stereocenters. The molecule has 0 radical (unpaired) electrons. The second kappa shape index (κ2) is 3.58. The van der Waals surface area contributed by atoms with Crippen LogP contribution >= 0.6 is 11.3 Å². The van der Waals surface area contributed by atoms with Gasteiger partial charge in [0.05, 0.1) is 0 Å². The van der Waals surface area contributed by atoms with E-state index >= 15 is 0 Å². The molecule has 2 heterocycles. The van der Waals surface area contributed by atoms with Gasteiger partial charge in [-0.1, -0.05) is 0 Å². The molecule has 3 heteroatoms. The lowest BCUT2D eigenvalue weighted by atomic mass is 10.2. The number of thiophene rings is 1. The average molecular weight is 190 g/mol. The second-order valence-corrected chi connectivity index (χ2v) is 3.87. The third-order valence-corrected chi connectivity index (χ3v) is 2.76. The molecule has 2 aromatic rings. The van der Waals surface area contributed by atoms with E-state index in [-0.39, 0.29) is 0 Å². The first-order valence-corrected chi connectivity index (χ1v) is 4.94. The van der Waals surface area contributed by atoms with E-state index in [0.717, 1.165) is 12.1 Å². The highest BCUT2D eigenvalue weighted by molar-refractivity contribution is 7.10. The van der Waals surface area contributed by atoms with E-state index < -0.39 is 0 Å². The highest BCUT2D eigenvalue weighted by atomic mass is 32.1. The fourth-order valence-corrected chi connectivity index (χ4v) is 2.00. The summed E-state index contributed by atoms with van der Waals surface area (Å²) in [6, 6.07) is 6.07. The first-order valence-electron chi connectivity index (χ1n) is 4.06. The summed E-state index contributed by atoms with van der Waals surface area (Å²) in [6.07, 6.45) is 4.57. The number of nitrogens with two attached hydrogens (primary N) is 1. The van der Waals surface area contributed by atoms with Crippen molar-refractivity contribution in [1.82, 2.24) is 4.98 Å². The Morgan fingerprint density at radius 2 is 2.08 bits per heavy atom. The van der Waals surface area contributed by atoms with Gasteiger partial charge < -0.3 is 5.73 Å². The number of nitrogens with zero attached hydrogens (tertiary/aromatic N) is 1. The first kappa shape index (κ1) is 8.26. The van der Waals surface area contributed by atoms with Crippen molar-refractivity contribution in [3.63, 3.8) is 0 Å². The Morgan fingerprint density at radius 3 is 2.69 bits per heavy atom. The van der Waals surface area contributed by atoms with Crippen molar-refractivity contribution in [2.75, 3.05) is 5.73 Å². The van der Waals surface area contributed by atoms with Gasteiger partial charge in [-0.25, -0.2) is 0 Å². The van der Waals surface area contributed by atoms with E-state index in [1.165, 1.54) is 10.4 Å². The summed E-state index contributed by atoms with van der Waals surface area (Å²) in [7, 11) is 0. The van der Waals surface area contributed by atoms with Crippen LogP contribution in [0.3, 0.4) is 0 Å². The van der Waals surface area contributed by atoms with Crippen molar-refractivity contribution in [1.29, 1.82) is 0 Å². The van der Waals surface area contributed by atoms with Crippen LogP contribution in [0.15, 0.2) is 36.0 Å². The lowest BCUT2D eigenvalue weighted by molar-refractivity contribution is 1.19. The summed E-state index contributed by atoms with van der Waals surface area (Å²) in [6.45, 7) is 0. The van der Waals surface area contributed by atoms with Gasteiger partial charge in [-0.3, -0.25) is 4.98 Å². The zero-order valence-corrected chi connectivity index (χ0v) is 7.92. The number of hydrogen-bond donors (Lipinski definition) is 1. The van der Waals surface area contributed by atoms with Gasteiger partial charge in [0, 0.05) is 34.8 Å². The van der Waals surface area contributed by atoms with Crippen LogP contribution < -0.4 is 5.73 Å². The number of nitrogen functional groups attached to an aromatic ring is 1. The zero-order chi connectivity index (χ0) is 9.10. The van der Waals surface area contributed by atoms with Gasteiger partial charge in [0.1, 0.15) is 0 Å². The minimum Gasteiger partial charge on any atom is -0.398 e. The van der Waals surface area contributed by atoms with E-state index in [9.17, 15) is 0 Å². The van der Waals surface area contributed by atoms with Crippen LogP contribution in [0.5, 0.6) is 0 Å². The summed E-state index contributed by atoms with van der Waals surface area (Å²) in [5.74, 6) is 0. The highest BCUT2D eigenvalue weighted by Crippen LogP contribution is 2.19. The lowest BCUT2D eigenvalue weighted by Crippen LogP contribution is -1.84. The molecule has 66 valence electrons. The van der Waals surface area contributed by atoms with Crippen molar-refractivity contribution in [3.05, 3.63) is 46.4 Å². The van der Waals surface area contributed by atoms with E-state index in [1.54, 1.807) is 11.3 Å². The van der Waals surface area contributed by atoms with E-state index in [4.69, 9.17) is 5.73 Å². The lowest BCUT2D eigenvalue weighted by Gasteiger charge is -1.95. The molecule has 0 aromatic carbocycles. The smallest absolute Gasteiger partial charge is 0.0425 e. The molecule has 0 saturated heterocycles. The molecule has 0 aliphatic carbocycles.